The molecule has 1 atom stereocenters. The van der Waals surface area contributed by atoms with Crippen molar-refractivity contribution in [3.63, 3.8) is 0 Å². The van der Waals surface area contributed by atoms with E-state index >= 15 is 0 Å². The Morgan fingerprint density at radius 3 is 2.87 bits per heavy atom. The molecule has 0 radical (unpaired) electrons. The van der Waals surface area contributed by atoms with Crippen LogP contribution in [0.3, 0.4) is 0 Å². The molecule has 162 valence electrons. The highest BCUT2D eigenvalue weighted by molar-refractivity contribution is 7.19. The highest BCUT2D eigenvalue weighted by atomic mass is 32.1. The molecule has 0 saturated heterocycles. The first kappa shape index (κ1) is 20.0. The molecule has 0 saturated carbocycles. The topological polar surface area (TPSA) is 104 Å². The van der Waals surface area contributed by atoms with E-state index < -0.39 is 4.92 Å². The smallest absolute Gasteiger partial charge is 0.358 e. The average Bonchev–Trinajstić information content (AvgIpc) is 3.41. The van der Waals surface area contributed by atoms with Crippen molar-refractivity contribution in [1.82, 2.24) is 29.4 Å². The van der Waals surface area contributed by atoms with Crippen LogP contribution in [0.5, 0.6) is 0 Å². The van der Waals surface area contributed by atoms with Crippen LogP contribution < -0.4 is 0 Å². The first-order valence-electron chi connectivity index (χ1n) is 10.6. The van der Waals surface area contributed by atoms with Gasteiger partial charge in [-0.3, -0.25) is 0 Å². The molecule has 5 rings (SSSR count). The Morgan fingerprint density at radius 1 is 1.35 bits per heavy atom. The second-order valence-electron chi connectivity index (χ2n) is 9.07. The van der Waals surface area contributed by atoms with Gasteiger partial charge in [0.05, 0.1) is 22.2 Å². The lowest BCUT2D eigenvalue weighted by molar-refractivity contribution is -0.389. The third-order valence-electron chi connectivity index (χ3n) is 6.89. The minimum atomic E-state index is -0.487. The number of fused-ring (bicyclic) bond motifs is 5. The van der Waals surface area contributed by atoms with Crippen molar-refractivity contribution in [1.29, 1.82) is 0 Å². The molecule has 0 fully saturated rings. The summed E-state index contributed by atoms with van der Waals surface area (Å²) in [5.74, 6) is 1.08. The fourth-order valence-electron chi connectivity index (χ4n) is 4.52. The summed E-state index contributed by atoms with van der Waals surface area (Å²) in [5, 5.41) is 20.7. The molecular formula is C21H25N7O2S. The lowest BCUT2D eigenvalue weighted by atomic mass is 9.70. The standard InChI is InChI=1S/C21H25N7O2S/c1-5-21(3,4)13-6-7-14-15(9-13)31-20-18(14)19-23-16(24-27(19)11-22-20)10-26-12(2)8-17(25-26)28(29)30/h8,11,13H,5-7,9-10H2,1-4H3. The van der Waals surface area contributed by atoms with Crippen molar-refractivity contribution < 1.29 is 4.92 Å². The van der Waals surface area contributed by atoms with Crippen LogP contribution in [0.2, 0.25) is 0 Å². The van der Waals surface area contributed by atoms with Crippen LogP contribution in [0.4, 0.5) is 5.82 Å². The molecule has 31 heavy (non-hydrogen) atoms. The van der Waals surface area contributed by atoms with Crippen molar-refractivity contribution in [2.24, 2.45) is 11.3 Å². The zero-order valence-corrected chi connectivity index (χ0v) is 18.9. The number of aryl methyl sites for hydroxylation is 2. The first-order chi connectivity index (χ1) is 14.8. The highest BCUT2D eigenvalue weighted by Gasteiger charge is 2.33. The summed E-state index contributed by atoms with van der Waals surface area (Å²) in [6, 6.07) is 1.46. The van der Waals surface area contributed by atoms with Crippen LogP contribution in [0, 0.1) is 28.4 Å². The van der Waals surface area contributed by atoms with E-state index in [4.69, 9.17) is 4.98 Å². The molecule has 1 aliphatic rings. The summed E-state index contributed by atoms with van der Waals surface area (Å²) in [4.78, 5) is 22.4. The van der Waals surface area contributed by atoms with Crippen LogP contribution in [-0.4, -0.2) is 34.3 Å². The van der Waals surface area contributed by atoms with Crippen molar-refractivity contribution in [3.8, 4) is 0 Å². The van der Waals surface area contributed by atoms with E-state index in [1.54, 1.807) is 33.8 Å². The molecule has 10 heteroatoms. The van der Waals surface area contributed by atoms with Gasteiger partial charge in [0, 0.05) is 4.88 Å². The van der Waals surface area contributed by atoms with Crippen LogP contribution in [0.15, 0.2) is 12.4 Å². The van der Waals surface area contributed by atoms with Gasteiger partial charge in [0.15, 0.2) is 11.5 Å². The van der Waals surface area contributed by atoms with Gasteiger partial charge in [0.1, 0.15) is 17.7 Å². The SMILES string of the molecule is CCC(C)(C)C1CCc2c(sc3ncn4nc(Cn5nc([N+](=O)[O-])cc5C)nc4c23)C1. The van der Waals surface area contributed by atoms with Gasteiger partial charge >= 0.3 is 5.82 Å². The second kappa shape index (κ2) is 7.08. The summed E-state index contributed by atoms with van der Waals surface area (Å²) >= 11 is 1.78. The zero-order chi connectivity index (χ0) is 21.9. The predicted octanol–water partition coefficient (Wildman–Crippen LogP) is 4.34. The van der Waals surface area contributed by atoms with E-state index in [1.807, 2.05) is 0 Å². The van der Waals surface area contributed by atoms with Gasteiger partial charge in [0.2, 0.25) is 0 Å². The largest absolute Gasteiger partial charge is 0.390 e. The van der Waals surface area contributed by atoms with Crippen molar-refractivity contribution in [2.45, 2.75) is 59.9 Å². The number of rotatable bonds is 5. The average molecular weight is 440 g/mol. The van der Waals surface area contributed by atoms with Gasteiger partial charge in [-0.1, -0.05) is 27.2 Å². The Morgan fingerprint density at radius 2 is 2.16 bits per heavy atom. The summed E-state index contributed by atoms with van der Waals surface area (Å²) in [6.45, 7) is 9.10. The van der Waals surface area contributed by atoms with E-state index in [0.717, 1.165) is 28.7 Å². The molecule has 0 aliphatic heterocycles. The monoisotopic (exact) mass is 439 g/mol. The van der Waals surface area contributed by atoms with Crippen LogP contribution in [0.1, 0.15) is 55.6 Å². The van der Waals surface area contributed by atoms with Gasteiger partial charge in [-0.2, -0.15) is 4.68 Å². The quantitative estimate of drug-likeness (QED) is 0.338. The lowest BCUT2D eigenvalue weighted by Gasteiger charge is -2.36. The van der Waals surface area contributed by atoms with Crippen molar-refractivity contribution in [3.05, 3.63) is 44.5 Å². The van der Waals surface area contributed by atoms with E-state index in [9.17, 15) is 10.1 Å². The Labute approximate surface area is 183 Å². The van der Waals surface area contributed by atoms with Gasteiger partial charge in [0.25, 0.3) is 0 Å². The Bertz CT molecular complexity index is 1320. The third kappa shape index (κ3) is 3.29. The zero-order valence-electron chi connectivity index (χ0n) is 18.1. The van der Waals surface area contributed by atoms with Crippen LogP contribution in [-0.2, 0) is 19.4 Å². The van der Waals surface area contributed by atoms with E-state index in [1.165, 1.54) is 29.3 Å². The molecule has 4 aromatic heterocycles. The predicted molar refractivity (Wildman–Crippen MR) is 118 cm³/mol. The minimum Gasteiger partial charge on any atom is -0.358 e. The number of hydrogen-bond acceptors (Lipinski definition) is 7. The van der Waals surface area contributed by atoms with Crippen LogP contribution >= 0.6 is 11.3 Å². The lowest BCUT2D eigenvalue weighted by Crippen LogP contribution is -2.28. The number of aromatic nitrogens is 6. The fraction of sp³-hybridized carbons (Fsp3) is 0.524. The van der Waals surface area contributed by atoms with Crippen LogP contribution in [0.25, 0.3) is 15.9 Å². The van der Waals surface area contributed by atoms with Crippen molar-refractivity contribution in [2.75, 3.05) is 0 Å². The van der Waals surface area contributed by atoms with Gasteiger partial charge in [-0.05, 0) is 48.0 Å². The second-order valence-corrected chi connectivity index (χ2v) is 10.1. The first-order valence-corrected chi connectivity index (χ1v) is 11.4. The maximum absolute atomic E-state index is 11.0. The summed E-state index contributed by atoms with van der Waals surface area (Å²) < 4.78 is 3.29. The Kier molecular flexibility index (Phi) is 4.58. The summed E-state index contributed by atoms with van der Waals surface area (Å²) in [6.07, 6.45) is 6.21. The molecule has 0 aromatic carbocycles. The molecule has 0 N–H and O–H groups in total. The molecule has 1 aliphatic carbocycles. The van der Waals surface area contributed by atoms with Gasteiger partial charge < -0.3 is 10.1 Å². The number of thiophene rings is 1. The molecule has 1 unspecified atom stereocenters. The fourth-order valence-corrected chi connectivity index (χ4v) is 5.78. The van der Waals surface area contributed by atoms with Gasteiger partial charge in [-0.25, -0.2) is 14.5 Å². The van der Waals surface area contributed by atoms with Crippen molar-refractivity contribution >= 4 is 33.0 Å². The number of hydrogen-bond donors (Lipinski definition) is 0. The molecule has 4 heterocycles. The molecule has 0 amide bonds. The number of nitrogens with zero attached hydrogens (tertiary/aromatic N) is 7. The van der Waals surface area contributed by atoms with E-state index in [2.05, 4.69) is 36.0 Å². The highest BCUT2D eigenvalue weighted by Crippen LogP contribution is 2.44. The third-order valence-corrected chi connectivity index (χ3v) is 8.06. The number of nitro groups is 1. The Balaban J connectivity index is 1.53. The maximum Gasteiger partial charge on any atom is 0.390 e. The summed E-state index contributed by atoms with van der Waals surface area (Å²) in [7, 11) is 0. The maximum atomic E-state index is 11.0. The summed E-state index contributed by atoms with van der Waals surface area (Å²) in [5.41, 5.74) is 3.21. The van der Waals surface area contributed by atoms with Gasteiger partial charge in [-0.15, -0.1) is 16.4 Å². The molecule has 0 bridgehead atoms. The normalized spacial score (nSPS) is 16.8. The Hall–Kier alpha value is -2.88. The molecular weight excluding hydrogens is 414 g/mol. The van der Waals surface area contributed by atoms with E-state index in [0.29, 0.717) is 22.9 Å². The molecule has 9 nitrogen and oxygen atoms in total. The van der Waals surface area contributed by atoms with E-state index in [-0.39, 0.29) is 12.4 Å². The molecule has 0 spiro atoms. The molecule has 4 aromatic rings. The minimum absolute atomic E-state index is 0.165.